The second kappa shape index (κ2) is 57.2. The summed E-state index contributed by atoms with van der Waals surface area (Å²) in [4.78, 5) is 25.6. The third-order valence-corrected chi connectivity index (χ3v) is 15.8. The van der Waals surface area contributed by atoms with Crippen LogP contribution in [0.5, 0.6) is 0 Å². The van der Waals surface area contributed by atoms with Crippen LogP contribution in [0.3, 0.4) is 0 Å². The number of hydrogen-bond acceptors (Lipinski definition) is 6. The van der Waals surface area contributed by atoms with E-state index >= 15 is 0 Å². The highest BCUT2D eigenvalue weighted by molar-refractivity contribution is 7.45. The van der Waals surface area contributed by atoms with Gasteiger partial charge in [0.15, 0.2) is 0 Å². The number of nitrogens with zero attached hydrogens (tertiary/aromatic N) is 1. The van der Waals surface area contributed by atoms with Crippen LogP contribution in [0, 0.1) is 0 Å². The van der Waals surface area contributed by atoms with E-state index < -0.39 is 20.0 Å². The molecule has 75 heavy (non-hydrogen) atoms. The van der Waals surface area contributed by atoms with Crippen LogP contribution in [-0.2, 0) is 18.4 Å². The van der Waals surface area contributed by atoms with Crippen LogP contribution in [0.15, 0.2) is 48.6 Å². The van der Waals surface area contributed by atoms with E-state index in [1.54, 1.807) is 0 Å². The molecule has 0 saturated carbocycles. The first-order chi connectivity index (χ1) is 36.5. The van der Waals surface area contributed by atoms with Crippen molar-refractivity contribution in [1.29, 1.82) is 0 Å². The summed E-state index contributed by atoms with van der Waals surface area (Å²) in [5.41, 5.74) is 0. The standard InChI is InChI=1S/C66H127N2O6P/c1-6-8-10-12-14-16-18-20-22-24-26-27-28-29-30-31-32-33-34-35-36-37-38-39-40-41-42-44-46-48-50-52-54-56-58-60-66(70)67-64(63-74-75(71,72)73-62-61-68(3,4)5)65(69)59-57-55-53-51-49-47-45-43-25-23-21-19-17-15-13-11-9-7-2/h8,10,14,16,20,22,26-27,64-65,69H,6-7,9,11-13,15,17-19,21,23-25,28-63H2,1-5H3,(H-,67,70,71,72)/b10-8-,16-14-,22-20-,27-26-. The molecule has 0 saturated heterocycles. The molecule has 0 aromatic carbocycles. The van der Waals surface area contributed by atoms with Gasteiger partial charge in [0.2, 0.25) is 5.91 Å². The van der Waals surface area contributed by atoms with Crippen molar-refractivity contribution >= 4 is 13.7 Å². The lowest BCUT2D eigenvalue weighted by Crippen LogP contribution is -2.46. The molecular formula is C66H127N2O6P. The van der Waals surface area contributed by atoms with Crippen molar-refractivity contribution in [2.75, 3.05) is 40.9 Å². The van der Waals surface area contributed by atoms with E-state index in [0.717, 1.165) is 64.2 Å². The summed E-state index contributed by atoms with van der Waals surface area (Å²) in [6, 6.07) is -0.800. The largest absolute Gasteiger partial charge is 0.756 e. The van der Waals surface area contributed by atoms with Crippen LogP contribution in [0.1, 0.15) is 316 Å². The van der Waals surface area contributed by atoms with Gasteiger partial charge in [-0.3, -0.25) is 9.36 Å². The molecule has 0 aromatic heterocycles. The van der Waals surface area contributed by atoms with Gasteiger partial charge in [-0.05, 0) is 51.4 Å². The Morgan fingerprint density at radius 3 is 1.19 bits per heavy atom. The van der Waals surface area contributed by atoms with Gasteiger partial charge in [-0.1, -0.05) is 306 Å². The Hall–Kier alpha value is -1.54. The molecule has 0 radical (unpaired) electrons. The van der Waals surface area contributed by atoms with Gasteiger partial charge in [-0.25, -0.2) is 0 Å². The normalized spacial score (nSPS) is 14.1. The second-order valence-corrected chi connectivity index (χ2v) is 24.9. The zero-order chi connectivity index (χ0) is 54.9. The molecule has 0 spiro atoms. The maximum Gasteiger partial charge on any atom is 0.268 e. The van der Waals surface area contributed by atoms with E-state index in [0.29, 0.717) is 23.9 Å². The molecule has 0 aliphatic heterocycles. The van der Waals surface area contributed by atoms with Gasteiger partial charge in [0.05, 0.1) is 39.9 Å². The van der Waals surface area contributed by atoms with Gasteiger partial charge in [0, 0.05) is 6.42 Å². The molecule has 9 heteroatoms. The van der Waals surface area contributed by atoms with Gasteiger partial charge in [0.25, 0.3) is 7.82 Å². The number of carbonyl (C=O) groups excluding carboxylic acids is 1. The number of unbranched alkanes of at least 4 members (excludes halogenated alkanes) is 39. The van der Waals surface area contributed by atoms with Gasteiger partial charge in [-0.2, -0.15) is 0 Å². The quantitative estimate of drug-likeness (QED) is 0.0272. The molecule has 0 heterocycles. The molecule has 442 valence electrons. The van der Waals surface area contributed by atoms with Crippen molar-refractivity contribution in [3.05, 3.63) is 48.6 Å². The number of quaternary nitrogens is 1. The number of likely N-dealkylation sites (N-methyl/N-ethyl adjacent to an activating group) is 1. The van der Waals surface area contributed by atoms with E-state index in [1.165, 1.54) is 225 Å². The minimum atomic E-state index is -4.57. The third-order valence-electron chi connectivity index (χ3n) is 14.8. The molecule has 0 rings (SSSR count). The Morgan fingerprint density at radius 1 is 0.480 bits per heavy atom. The predicted octanol–water partition coefficient (Wildman–Crippen LogP) is 19.6. The highest BCUT2D eigenvalue weighted by atomic mass is 31.2. The molecular weight excluding hydrogens is 948 g/mol. The van der Waals surface area contributed by atoms with Crippen molar-refractivity contribution < 1.29 is 32.9 Å². The predicted molar refractivity (Wildman–Crippen MR) is 325 cm³/mol. The van der Waals surface area contributed by atoms with Gasteiger partial charge < -0.3 is 28.8 Å². The number of aliphatic hydroxyl groups is 1. The van der Waals surface area contributed by atoms with Crippen molar-refractivity contribution in [2.45, 2.75) is 328 Å². The van der Waals surface area contributed by atoms with Gasteiger partial charge in [0.1, 0.15) is 13.2 Å². The average molecular weight is 1080 g/mol. The smallest absolute Gasteiger partial charge is 0.268 e. The van der Waals surface area contributed by atoms with Crippen LogP contribution in [0.25, 0.3) is 0 Å². The lowest BCUT2D eigenvalue weighted by atomic mass is 10.0. The fourth-order valence-electron chi connectivity index (χ4n) is 9.80. The zero-order valence-corrected chi connectivity index (χ0v) is 51.4. The SMILES string of the molecule is CC/C=C\C/C=C\C/C=C\C/C=C\CCCCCCCCCCCCCCCCCCCCCCCCC(=O)NC(COP(=O)([O-])OCC[N+](C)(C)C)C(O)CCCCCCCCCCCCCCCCCCCC. The number of amides is 1. The molecule has 0 aliphatic carbocycles. The number of aliphatic hydroxyl groups excluding tert-OH is 1. The second-order valence-electron chi connectivity index (χ2n) is 23.4. The van der Waals surface area contributed by atoms with Crippen molar-refractivity contribution in [3.8, 4) is 0 Å². The van der Waals surface area contributed by atoms with E-state index in [1.807, 2.05) is 21.1 Å². The first-order valence-electron chi connectivity index (χ1n) is 32.5. The summed E-state index contributed by atoms with van der Waals surface area (Å²) in [7, 11) is 1.32. The van der Waals surface area contributed by atoms with Gasteiger partial charge >= 0.3 is 0 Å². The molecule has 0 aromatic rings. The van der Waals surface area contributed by atoms with Crippen molar-refractivity contribution in [1.82, 2.24) is 5.32 Å². The fourth-order valence-corrected chi connectivity index (χ4v) is 10.5. The number of nitrogens with one attached hydrogen (secondary N) is 1. The molecule has 0 bridgehead atoms. The molecule has 2 N–H and O–H groups in total. The molecule has 0 fully saturated rings. The number of phosphoric ester groups is 1. The average Bonchev–Trinajstić information content (AvgIpc) is 3.37. The Labute approximate surface area is 467 Å². The summed E-state index contributed by atoms with van der Waals surface area (Å²) >= 11 is 0. The summed E-state index contributed by atoms with van der Waals surface area (Å²) in [6.45, 7) is 4.65. The number of rotatable bonds is 60. The summed E-state index contributed by atoms with van der Waals surface area (Å²) < 4.78 is 23.5. The van der Waals surface area contributed by atoms with Crippen molar-refractivity contribution in [2.24, 2.45) is 0 Å². The molecule has 0 aliphatic rings. The van der Waals surface area contributed by atoms with E-state index in [4.69, 9.17) is 9.05 Å². The summed E-state index contributed by atoms with van der Waals surface area (Å²) in [6.07, 6.45) is 76.0. The number of allylic oxidation sites excluding steroid dienone is 8. The van der Waals surface area contributed by atoms with Crippen LogP contribution in [-0.4, -0.2) is 68.5 Å². The summed E-state index contributed by atoms with van der Waals surface area (Å²) in [5.74, 6) is -0.159. The number of carbonyl (C=O) groups is 1. The van der Waals surface area contributed by atoms with Crippen LogP contribution >= 0.6 is 7.82 Å². The van der Waals surface area contributed by atoms with Crippen molar-refractivity contribution in [3.63, 3.8) is 0 Å². The first-order valence-corrected chi connectivity index (χ1v) is 33.9. The van der Waals surface area contributed by atoms with Crippen LogP contribution in [0.4, 0.5) is 0 Å². The lowest BCUT2D eigenvalue weighted by Gasteiger charge is -2.30. The maximum absolute atomic E-state index is 13.0. The van der Waals surface area contributed by atoms with E-state index in [9.17, 15) is 19.4 Å². The number of hydrogen-bond donors (Lipinski definition) is 2. The Bertz CT molecular complexity index is 1360. The Morgan fingerprint density at radius 2 is 0.813 bits per heavy atom. The molecule has 3 atom stereocenters. The molecule has 8 nitrogen and oxygen atoms in total. The Balaban J connectivity index is 3.97. The van der Waals surface area contributed by atoms with E-state index in [-0.39, 0.29) is 19.1 Å². The van der Waals surface area contributed by atoms with E-state index in [2.05, 4.69) is 67.8 Å². The minimum Gasteiger partial charge on any atom is -0.756 e. The zero-order valence-electron chi connectivity index (χ0n) is 50.5. The van der Waals surface area contributed by atoms with Crippen LogP contribution in [0.2, 0.25) is 0 Å². The van der Waals surface area contributed by atoms with Crippen LogP contribution < -0.4 is 10.2 Å². The maximum atomic E-state index is 13.0. The molecule has 1 amide bonds. The topological polar surface area (TPSA) is 108 Å². The fraction of sp³-hybridized carbons (Fsp3) is 0.864. The highest BCUT2D eigenvalue weighted by Crippen LogP contribution is 2.38. The molecule has 3 unspecified atom stereocenters. The monoisotopic (exact) mass is 1070 g/mol. The minimum absolute atomic E-state index is 0.0139. The highest BCUT2D eigenvalue weighted by Gasteiger charge is 2.24. The van der Waals surface area contributed by atoms with Gasteiger partial charge in [-0.15, -0.1) is 0 Å². The summed E-state index contributed by atoms with van der Waals surface area (Å²) in [5, 5.41) is 14.1. The lowest BCUT2D eigenvalue weighted by molar-refractivity contribution is -0.870. The Kier molecular flexibility index (Phi) is 56.0. The third kappa shape index (κ3) is 60.0. The first kappa shape index (κ1) is 73.5. The number of phosphoric acid groups is 1.